The molecule has 0 aliphatic rings. The number of hydrogen-bond donors (Lipinski definition) is 1. The second kappa shape index (κ2) is 6.73. The molecule has 0 amide bonds. The van der Waals surface area contributed by atoms with E-state index in [1.54, 1.807) is 30.3 Å². The molecular weight excluding hydrogens is 277 g/mol. The van der Waals surface area contributed by atoms with Crippen LogP contribution >= 0.6 is 11.6 Å². The molecule has 0 spiro atoms. The van der Waals surface area contributed by atoms with Crippen LogP contribution in [0.15, 0.2) is 42.5 Å². The fraction of sp³-hybridized carbons (Fsp3) is 0.250. The molecule has 2 rings (SSSR count). The van der Waals surface area contributed by atoms with Gasteiger partial charge in [0.15, 0.2) is 11.6 Å². The lowest BCUT2D eigenvalue weighted by Crippen LogP contribution is -2.17. The highest BCUT2D eigenvalue weighted by molar-refractivity contribution is 6.30. The van der Waals surface area contributed by atoms with Gasteiger partial charge in [0.1, 0.15) is 5.75 Å². The molecule has 1 unspecified atom stereocenters. The van der Waals surface area contributed by atoms with Gasteiger partial charge in [-0.1, -0.05) is 24.6 Å². The molecule has 106 valence electrons. The van der Waals surface area contributed by atoms with Crippen LogP contribution in [0.5, 0.6) is 11.5 Å². The summed E-state index contributed by atoms with van der Waals surface area (Å²) in [4.78, 5) is 0. The van der Waals surface area contributed by atoms with Crippen molar-refractivity contribution in [2.45, 2.75) is 19.9 Å². The minimum atomic E-state index is -0.373. The molecule has 4 heteroatoms. The zero-order chi connectivity index (χ0) is 14.5. The fourth-order valence-corrected chi connectivity index (χ4v) is 2.05. The van der Waals surface area contributed by atoms with E-state index >= 15 is 0 Å². The summed E-state index contributed by atoms with van der Waals surface area (Å²) < 4.78 is 19.5. The van der Waals surface area contributed by atoms with Crippen LogP contribution in [-0.4, -0.2) is 6.54 Å². The van der Waals surface area contributed by atoms with Crippen LogP contribution in [-0.2, 0) is 0 Å². The smallest absolute Gasteiger partial charge is 0.166 e. The van der Waals surface area contributed by atoms with Gasteiger partial charge in [0, 0.05) is 11.1 Å². The maximum atomic E-state index is 14.0. The standard InChI is InChI=1S/C16H17ClFNO/c1-3-19-11(2)12-4-9-16(15(18)10-12)20-14-7-5-13(17)6-8-14/h4-11,19H,3H2,1-2H3. The van der Waals surface area contributed by atoms with Crippen molar-refractivity contribution in [2.75, 3.05) is 6.54 Å². The second-order valence-corrected chi connectivity index (χ2v) is 4.96. The van der Waals surface area contributed by atoms with Crippen LogP contribution in [0.2, 0.25) is 5.02 Å². The molecule has 2 aromatic rings. The summed E-state index contributed by atoms with van der Waals surface area (Å²) in [6.07, 6.45) is 0. The largest absolute Gasteiger partial charge is 0.454 e. The third-order valence-electron chi connectivity index (χ3n) is 3.01. The minimum absolute atomic E-state index is 0.110. The Morgan fingerprint density at radius 3 is 2.50 bits per heavy atom. The Kier molecular flexibility index (Phi) is 4.99. The van der Waals surface area contributed by atoms with E-state index in [-0.39, 0.29) is 17.6 Å². The SMILES string of the molecule is CCNC(C)c1ccc(Oc2ccc(Cl)cc2)c(F)c1. The Labute approximate surface area is 123 Å². The second-order valence-electron chi connectivity index (χ2n) is 4.53. The van der Waals surface area contributed by atoms with Crippen molar-refractivity contribution < 1.29 is 9.13 Å². The molecule has 0 aliphatic carbocycles. The number of hydrogen-bond acceptors (Lipinski definition) is 2. The lowest BCUT2D eigenvalue weighted by atomic mass is 10.1. The number of nitrogens with one attached hydrogen (secondary N) is 1. The molecule has 0 saturated carbocycles. The molecular formula is C16H17ClFNO. The van der Waals surface area contributed by atoms with Crippen LogP contribution in [0.1, 0.15) is 25.5 Å². The Bertz CT molecular complexity index is 571. The predicted octanol–water partition coefficient (Wildman–Crippen LogP) is 4.94. The minimum Gasteiger partial charge on any atom is -0.454 e. The first-order valence-electron chi connectivity index (χ1n) is 6.56. The molecule has 20 heavy (non-hydrogen) atoms. The molecule has 0 bridgehead atoms. The summed E-state index contributed by atoms with van der Waals surface area (Å²) in [6, 6.07) is 11.9. The van der Waals surface area contributed by atoms with Crippen molar-refractivity contribution in [3.8, 4) is 11.5 Å². The van der Waals surface area contributed by atoms with Gasteiger partial charge in [-0.15, -0.1) is 0 Å². The highest BCUT2D eigenvalue weighted by Crippen LogP contribution is 2.27. The van der Waals surface area contributed by atoms with Crippen molar-refractivity contribution in [1.82, 2.24) is 5.32 Å². The van der Waals surface area contributed by atoms with E-state index in [0.717, 1.165) is 12.1 Å². The summed E-state index contributed by atoms with van der Waals surface area (Å²) >= 11 is 5.79. The number of halogens is 2. The van der Waals surface area contributed by atoms with Gasteiger partial charge in [-0.25, -0.2) is 4.39 Å². The molecule has 1 N–H and O–H groups in total. The summed E-state index contributed by atoms with van der Waals surface area (Å²) in [5, 5.41) is 3.86. The summed E-state index contributed by atoms with van der Waals surface area (Å²) in [7, 11) is 0. The van der Waals surface area contributed by atoms with Gasteiger partial charge in [-0.2, -0.15) is 0 Å². The molecule has 0 heterocycles. The number of rotatable bonds is 5. The van der Waals surface area contributed by atoms with Gasteiger partial charge in [-0.3, -0.25) is 0 Å². The molecule has 0 fully saturated rings. The fourth-order valence-electron chi connectivity index (χ4n) is 1.92. The number of ether oxygens (including phenoxy) is 1. The lowest BCUT2D eigenvalue weighted by Gasteiger charge is -2.14. The van der Waals surface area contributed by atoms with E-state index in [1.807, 2.05) is 19.9 Å². The van der Waals surface area contributed by atoms with Crippen LogP contribution in [0, 0.1) is 5.82 Å². The van der Waals surface area contributed by atoms with Crippen molar-refractivity contribution in [2.24, 2.45) is 0 Å². The molecule has 0 aliphatic heterocycles. The topological polar surface area (TPSA) is 21.3 Å². The lowest BCUT2D eigenvalue weighted by molar-refractivity contribution is 0.440. The average Bonchev–Trinajstić information content (AvgIpc) is 2.43. The van der Waals surface area contributed by atoms with Gasteiger partial charge in [-0.05, 0) is 55.4 Å². The van der Waals surface area contributed by atoms with E-state index in [4.69, 9.17) is 16.3 Å². The zero-order valence-corrected chi connectivity index (χ0v) is 12.2. The maximum Gasteiger partial charge on any atom is 0.166 e. The van der Waals surface area contributed by atoms with Gasteiger partial charge in [0.25, 0.3) is 0 Å². The van der Waals surface area contributed by atoms with E-state index in [2.05, 4.69) is 5.32 Å². The van der Waals surface area contributed by atoms with Crippen molar-refractivity contribution in [3.05, 3.63) is 58.9 Å². The first-order chi connectivity index (χ1) is 9.60. The molecule has 2 aromatic carbocycles. The first-order valence-corrected chi connectivity index (χ1v) is 6.94. The molecule has 1 atom stereocenters. The molecule has 0 saturated heterocycles. The molecule has 2 nitrogen and oxygen atoms in total. The van der Waals surface area contributed by atoms with Gasteiger partial charge < -0.3 is 10.1 Å². The van der Waals surface area contributed by atoms with Crippen molar-refractivity contribution >= 4 is 11.6 Å². The highest BCUT2D eigenvalue weighted by atomic mass is 35.5. The Balaban J connectivity index is 2.15. The van der Waals surface area contributed by atoms with Gasteiger partial charge >= 0.3 is 0 Å². The van der Waals surface area contributed by atoms with E-state index in [0.29, 0.717) is 10.8 Å². The third kappa shape index (κ3) is 3.71. The normalized spacial score (nSPS) is 12.2. The van der Waals surface area contributed by atoms with Crippen LogP contribution < -0.4 is 10.1 Å². The predicted molar refractivity (Wildman–Crippen MR) is 80.0 cm³/mol. The summed E-state index contributed by atoms with van der Waals surface area (Å²) in [5.41, 5.74) is 0.896. The Hall–Kier alpha value is -1.58. The van der Waals surface area contributed by atoms with Gasteiger partial charge in [0.05, 0.1) is 0 Å². The average molecular weight is 294 g/mol. The van der Waals surface area contributed by atoms with Crippen molar-refractivity contribution in [1.29, 1.82) is 0 Å². The maximum absolute atomic E-state index is 14.0. The van der Waals surface area contributed by atoms with Crippen LogP contribution in [0.4, 0.5) is 4.39 Å². The summed E-state index contributed by atoms with van der Waals surface area (Å²) in [5.74, 6) is 0.391. The number of benzene rings is 2. The quantitative estimate of drug-likeness (QED) is 0.843. The first kappa shape index (κ1) is 14.8. The van der Waals surface area contributed by atoms with Crippen molar-refractivity contribution in [3.63, 3.8) is 0 Å². The van der Waals surface area contributed by atoms with E-state index < -0.39 is 0 Å². The van der Waals surface area contributed by atoms with Crippen LogP contribution in [0.25, 0.3) is 0 Å². The Morgan fingerprint density at radius 1 is 1.20 bits per heavy atom. The van der Waals surface area contributed by atoms with Crippen LogP contribution in [0.3, 0.4) is 0 Å². The van der Waals surface area contributed by atoms with E-state index in [9.17, 15) is 4.39 Å². The summed E-state index contributed by atoms with van der Waals surface area (Å²) in [6.45, 7) is 4.86. The van der Waals surface area contributed by atoms with Gasteiger partial charge in [0.2, 0.25) is 0 Å². The highest BCUT2D eigenvalue weighted by Gasteiger charge is 2.10. The molecule has 0 radical (unpaired) electrons. The van der Waals surface area contributed by atoms with E-state index in [1.165, 1.54) is 6.07 Å². The monoisotopic (exact) mass is 293 g/mol. The third-order valence-corrected chi connectivity index (χ3v) is 3.26. The zero-order valence-electron chi connectivity index (χ0n) is 11.5. The Morgan fingerprint density at radius 2 is 1.90 bits per heavy atom. The molecule has 0 aromatic heterocycles.